The van der Waals surface area contributed by atoms with Crippen LogP contribution in [0.25, 0.3) is 15.7 Å². The Morgan fingerprint density at radius 1 is 0.750 bits per heavy atom. The number of halogens is 1. The van der Waals surface area contributed by atoms with Crippen LogP contribution >= 0.6 is 0 Å². The van der Waals surface area contributed by atoms with Crippen molar-refractivity contribution in [3.05, 3.63) is 77.3 Å². The number of carboxylic acid groups (broad SMARTS) is 4. The number of likely N-dealkylation sites (tertiary alicyclic amines) is 1. The zero-order valence-corrected chi connectivity index (χ0v) is 49.7. The monoisotopic (exact) mass is 1190 g/mol. The van der Waals surface area contributed by atoms with Gasteiger partial charge in [-0.25, -0.2) is 6.57 Å². The second-order valence-corrected chi connectivity index (χ2v) is 28.0. The lowest BCUT2D eigenvalue weighted by atomic mass is 10.1. The number of ether oxygens (including phenoxy) is 1. The average Bonchev–Trinajstić information content (AvgIpc) is 1.40. The highest BCUT2D eigenvalue weighted by Crippen LogP contribution is 2.51. The number of amides is 5. The molecular formula is C57H80FN11O14Si. The number of fused-ring (bicyclic) bond motifs is 1. The Hall–Kier alpha value is -7.64. The van der Waals surface area contributed by atoms with Gasteiger partial charge in [-0.3, -0.25) is 77.5 Å². The molecule has 458 valence electrons. The first-order valence-corrected chi connectivity index (χ1v) is 29.9. The Labute approximate surface area is 489 Å². The summed E-state index contributed by atoms with van der Waals surface area (Å²) in [4.78, 5) is 131. The van der Waals surface area contributed by atoms with Crippen molar-refractivity contribution in [3.8, 4) is 5.75 Å². The average molecular weight is 1190 g/mol. The van der Waals surface area contributed by atoms with Crippen LogP contribution < -0.4 is 31.2 Å². The molecule has 2 aromatic carbocycles. The number of carboxylic acids is 4. The molecule has 25 nitrogen and oxygen atoms in total. The van der Waals surface area contributed by atoms with Gasteiger partial charge in [0.25, 0.3) is 20.2 Å². The van der Waals surface area contributed by atoms with E-state index in [9.17, 15) is 63.6 Å². The van der Waals surface area contributed by atoms with E-state index in [0.717, 1.165) is 0 Å². The van der Waals surface area contributed by atoms with Gasteiger partial charge in [-0.05, 0) is 70.9 Å². The second kappa shape index (κ2) is 30.8. The highest BCUT2D eigenvalue weighted by Gasteiger charge is 2.56. The lowest BCUT2D eigenvalue weighted by Crippen LogP contribution is -2.57. The van der Waals surface area contributed by atoms with Crippen LogP contribution in [0.1, 0.15) is 94.4 Å². The van der Waals surface area contributed by atoms with Crippen molar-refractivity contribution in [1.82, 2.24) is 50.8 Å². The summed E-state index contributed by atoms with van der Waals surface area (Å²) in [6, 6.07) is 9.91. The summed E-state index contributed by atoms with van der Waals surface area (Å²) in [5.74, 6) is -7.38. The zero-order valence-electron chi connectivity index (χ0n) is 48.7. The van der Waals surface area contributed by atoms with Gasteiger partial charge in [-0.2, -0.15) is 0 Å². The molecule has 0 bridgehead atoms. The maximum Gasteiger partial charge on any atom is 0.320 e. The summed E-state index contributed by atoms with van der Waals surface area (Å²) < 4.78 is 23.1. The molecule has 8 N–H and O–H groups in total. The Bertz CT molecular complexity index is 2830. The van der Waals surface area contributed by atoms with Gasteiger partial charge in [0.1, 0.15) is 17.8 Å². The molecular weight excluding hydrogens is 1110 g/mol. The summed E-state index contributed by atoms with van der Waals surface area (Å²) in [7, 11) is -3.68. The maximum atomic E-state index is 17.1. The summed E-state index contributed by atoms with van der Waals surface area (Å²) in [5, 5.41) is 49.7. The fourth-order valence-electron chi connectivity index (χ4n) is 10.8. The van der Waals surface area contributed by atoms with Crippen molar-refractivity contribution < 1.29 is 72.4 Å². The van der Waals surface area contributed by atoms with Crippen LogP contribution in [0.2, 0.25) is 10.1 Å². The summed E-state index contributed by atoms with van der Waals surface area (Å²) in [6.45, 7) is 17.5. The minimum atomic E-state index is -3.68. The molecule has 2 aliphatic heterocycles. The van der Waals surface area contributed by atoms with Gasteiger partial charge in [0.05, 0.1) is 43.9 Å². The summed E-state index contributed by atoms with van der Waals surface area (Å²) >= 11 is 0. The van der Waals surface area contributed by atoms with E-state index in [0.29, 0.717) is 41.2 Å². The molecule has 3 aromatic rings. The predicted molar refractivity (Wildman–Crippen MR) is 310 cm³/mol. The van der Waals surface area contributed by atoms with Crippen LogP contribution in [-0.2, 0) is 33.6 Å². The molecule has 27 heteroatoms. The van der Waals surface area contributed by atoms with Crippen LogP contribution in [0.4, 0.5) is 4.11 Å². The Morgan fingerprint density at radius 3 is 1.86 bits per heavy atom. The van der Waals surface area contributed by atoms with Gasteiger partial charge >= 0.3 is 30.0 Å². The first-order chi connectivity index (χ1) is 39.6. The molecule has 0 aliphatic carbocycles. The molecule has 0 unspecified atom stereocenters. The largest absolute Gasteiger partial charge is 0.494 e. The number of rotatable bonds is 25. The number of aliphatic carboxylic acids is 4. The minimum absolute atomic E-state index is 0.0185. The number of nitrogens with one attached hydrogen (secondary N) is 4. The first kappa shape index (κ1) is 67.2. The quantitative estimate of drug-likeness (QED) is 0.0261. The van der Waals surface area contributed by atoms with E-state index in [4.69, 9.17) is 11.3 Å². The number of aromatic nitrogens is 1. The Balaban J connectivity index is 1.28. The maximum absolute atomic E-state index is 17.1. The SMILES string of the molecule is [C-]#[N+][C@@H]1CCCN1C(=O)CNC(=O)c1ccnc2ccc(OCCCNC(=O)[C@@H](CNC(=O)c3ccc([Si]([18F])(C(C)(C)C)C(C)(C)C)cc3)NC(=O)CC[C@H](C(=O)O)N3CCN(CC(=O)O)CCN(CC(=O)O)CCN(CC(=O)O)CC3)cc12. The predicted octanol–water partition coefficient (Wildman–Crippen LogP) is 2.06. The van der Waals surface area contributed by atoms with Gasteiger partial charge in [-0.15, -0.1) is 0 Å². The molecule has 84 heavy (non-hydrogen) atoms. The number of benzene rings is 2. The number of carbonyl (C=O) groups is 9. The fraction of sp³-hybridized carbons (Fsp3) is 0.561. The third-order valence-electron chi connectivity index (χ3n) is 15.0. The van der Waals surface area contributed by atoms with Gasteiger partial charge in [0.15, 0.2) is 0 Å². The van der Waals surface area contributed by atoms with E-state index in [1.54, 1.807) is 35.2 Å². The Kier molecular flexibility index (Phi) is 24.6. The van der Waals surface area contributed by atoms with Gasteiger partial charge in [0.2, 0.25) is 17.7 Å². The molecule has 2 saturated heterocycles. The lowest BCUT2D eigenvalue weighted by molar-refractivity contribution is -0.145. The number of nitrogens with zero attached hydrogens (tertiary/aromatic N) is 7. The van der Waals surface area contributed by atoms with E-state index < -0.39 is 110 Å². The molecule has 0 spiro atoms. The van der Waals surface area contributed by atoms with Crippen molar-refractivity contribution in [2.45, 2.75) is 102 Å². The molecule has 1 aromatic heterocycles. The molecule has 5 rings (SSSR count). The van der Waals surface area contributed by atoms with E-state index in [2.05, 4.69) is 31.1 Å². The summed E-state index contributed by atoms with van der Waals surface area (Å²) in [6.07, 6.45) is 1.69. The highest BCUT2D eigenvalue weighted by molar-refractivity contribution is 6.90. The van der Waals surface area contributed by atoms with Crippen LogP contribution in [0.15, 0.2) is 54.7 Å². The minimum Gasteiger partial charge on any atom is -0.494 e. The molecule has 0 saturated carbocycles. The second-order valence-electron chi connectivity index (χ2n) is 23.1. The van der Waals surface area contributed by atoms with E-state index in [1.165, 1.54) is 44.0 Å². The fourth-order valence-corrected chi connectivity index (χ4v) is 15.4. The van der Waals surface area contributed by atoms with Crippen LogP contribution in [0.3, 0.4) is 0 Å². The van der Waals surface area contributed by atoms with Crippen molar-refractivity contribution >= 4 is 77.9 Å². The third kappa shape index (κ3) is 19.2. The van der Waals surface area contributed by atoms with Crippen LogP contribution in [-0.4, -0.2) is 235 Å². The topological polar surface area (TPSA) is 325 Å². The van der Waals surface area contributed by atoms with E-state index in [1.807, 2.05) is 41.5 Å². The smallest absolute Gasteiger partial charge is 0.320 e. The van der Waals surface area contributed by atoms with Crippen molar-refractivity contribution in [1.29, 1.82) is 0 Å². The number of hydrogen-bond acceptors (Lipinski definition) is 15. The van der Waals surface area contributed by atoms with Gasteiger partial charge in [0, 0.05) is 102 Å². The zero-order chi connectivity index (χ0) is 61.9. The molecule has 3 heterocycles. The van der Waals surface area contributed by atoms with E-state index >= 15 is 4.11 Å². The lowest BCUT2D eigenvalue weighted by Gasteiger charge is -2.44. The standard InChI is InChI=1S/C57H80FN11O14Si/c1-56(2,3)84(58,57(4,5)6)40-14-11-38(12-15-40)52(78)62-33-44(54(80)61-20-9-31-83-39-13-16-43-42(32-39)41(19-21-60-43)53(79)63-34-48(71)69-22-8-10-46(69)59-7)64-47(70)18-17-45(55(81)82)68-29-27-66(36-50(74)75)25-23-65(35-49(72)73)24-26-67(28-30-68)37-51(76)77/h11-16,19,21,32,44-46H,8-10,17-18,20,22-31,33-37H2,1-6H3,(H,61,80)(H,62,78)(H,63,79)(H,64,70)(H,72,73)(H,74,75)(H,76,77)(H,81,82)/t44-,45-,46+/m1/s1/i58-1. The molecule has 5 amide bonds. The van der Waals surface area contributed by atoms with Crippen LogP contribution in [0.5, 0.6) is 5.75 Å². The van der Waals surface area contributed by atoms with Crippen molar-refractivity contribution in [2.75, 3.05) is 105 Å². The van der Waals surface area contributed by atoms with Crippen molar-refractivity contribution in [2.24, 2.45) is 0 Å². The molecule has 3 atom stereocenters. The summed E-state index contributed by atoms with van der Waals surface area (Å²) in [5.41, 5.74) is 0.890. The number of hydrogen-bond donors (Lipinski definition) is 8. The molecule has 2 fully saturated rings. The van der Waals surface area contributed by atoms with Crippen LogP contribution in [0, 0.1) is 6.57 Å². The Morgan fingerprint density at radius 2 is 1.32 bits per heavy atom. The first-order valence-electron chi connectivity index (χ1n) is 28.0. The van der Waals surface area contributed by atoms with E-state index in [-0.39, 0.29) is 108 Å². The number of pyridine rings is 1. The normalized spacial score (nSPS) is 17.1. The molecule has 0 radical (unpaired) electrons. The van der Waals surface area contributed by atoms with Gasteiger partial charge in [-0.1, -0.05) is 53.7 Å². The third-order valence-corrected chi connectivity index (χ3v) is 20.2. The van der Waals surface area contributed by atoms with Crippen molar-refractivity contribution in [3.63, 3.8) is 0 Å². The molecule has 2 aliphatic rings. The number of carbonyl (C=O) groups excluding carboxylic acids is 5. The highest BCUT2D eigenvalue weighted by atomic mass is 28.4. The van der Waals surface area contributed by atoms with Gasteiger partial charge < -0.3 is 50.5 Å².